The third-order valence-electron chi connectivity index (χ3n) is 5.64. The second-order valence-corrected chi connectivity index (χ2v) is 7.27. The Hall–Kier alpha value is -1.99. The highest BCUT2D eigenvalue weighted by Gasteiger charge is 2.58. The number of hydrogen-bond donors (Lipinski definition) is 0. The maximum Gasteiger partial charge on any atom is 0.311 e. The van der Waals surface area contributed by atoms with E-state index in [1.165, 1.54) is 18.2 Å². The summed E-state index contributed by atoms with van der Waals surface area (Å²) in [7, 11) is 1.35. The second-order valence-electron chi connectivity index (χ2n) is 7.27. The van der Waals surface area contributed by atoms with Crippen LogP contribution >= 0.6 is 0 Å². The number of rotatable bonds is 6. The number of likely N-dealkylation sites (tertiary alicyclic amines) is 1. The summed E-state index contributed by atoms with van der Waals surface area (Å²) >= 11 is 0. The van der Waals surface area contributed by atoms with E-state index >= 15 is 0 Å². The number of esters is 1. The predicted molar refractivity (Wildman–Crippen MR) is 96.9 cm³/mol. The molecule has 1 spiro atoms. The van der Waals surface area contributed by atoms with Crippen LogP contribution in [-0.2, 0) is 25.7 Å². The summed E-state index contributed by atoms with van der Waals surface area (Å²) in [6.45, 7) is 4.22. The van der Waals surface area contributed by atoms with Gasteiger partial charge in [-0.1, -0.05) is 25.1 Å². The SMILES string of the molecule is CCCON1C(=O)CC(C(=O)OC)C12CCN(Cc1ccccc1F)CC2. The molecule has 1 amide bonds. The largest absolute Gasteiger partial charge is 0.469 e. The Morgan fingerprint density at radius 1 is 1.30 bits per heavy atom. The summed E-state index contributed by atoms with van der Waals surface area (Å²) in [5.41, 5.74) is -0.0232. The lowest BCUT2D eigenvalue weighted by Crippen LogP contribution is -2.57. The number of carbonyl (C=O) groups is 2. The third-order valence-corrected chi connectivity index (χ3v) is 5.64. The summed E-state index contributed by atoms with van der Waals surface area (Å²) in [6, 6.07) is 6.75. The van der Waals surface area contributed by atoms with Gasteiger partial charge in [-0.2, -0.15) is 0 Å². The van der Waals surface area contributed by atoms with Crippen molar-refractivity contribution in [3.63, 3.8) is 0 Å². The first kappa shape index (κ1) is 19.8. The molecule has 2 heterocycles. The van der Waals surface area contributed by atoms with Gasteiger partial charge in [-0.15, -0.1) is 0 Å². The molecule has 27 heavy (non-hydrogen) atoms. The van der Waals surface area contributed by atoms with Crippen molar-refractivity contribution in [3.05, 3.63) is 35.6 Å². The average Bonchev–Trinajstić information content (AvgIpc) is 2.94. The topological polar surface area (TPSA) is 59.1 Å². The highest BCUT2D eigenvalue weighted by atomic mass is 19.1. The highest BCUT2D eigenvalue weighted by Crippen LogP contribution is 2.44. The van der Waals surface area contributed by atoms with Gasteiger partial charge in [0.1, 0.15) is 5.82 Å². The number of amides is 1. The Bertz CT molecular complexity index is 688. The molecule has 3 rings (SSSR count). The fourth-order valence-corrected chi connectivity index (χ4v) is 4.18. The van der Waals surface area contributed by atoms with Crippen LogP contribution in [0.15, 0.2) is 24.3 Å². The average molecular weight is 378 g/mol. The molecule has 0 aromatic heterocycles. The van der Waals surface area contributed by atoms with E-state index in [1.54, 1.807) is 12.1 Å². The fraction of sp³-hybridized carbons (Fsp3) is 0.600. The molecule has 0 radical (unpaired) electrons. The quantitative estimate of drug-likeness (QED) is 0.712. The molecule has 2 aliphatic heterocycles. The number of hydroxylamine groups is 2. The van der Waals surface area contributed by atoms with Gasteiger partial charge < -0.3 is 4.74 Å². The molecule has 0 saturated carbocycles. The monoisotopic (exact) mass is 378 g/mol. The van der Waals surface area contributed by atoms with Crippen molar-refractivity contribution in [2.45, 2.75) is 44.7 Å². The van der Waals surface area contributed by atoms with Crippen LogP contribution in [0.2, 0.25) is 0 Å². The van der Waals surface area contributed by atoms with Crippen LogP contribution in [-0.4, -0.2) is 54.2 Å². The molecular formula is C20H27FN2O4. The van der Waals surface area contributed by atoms with Gasteiger partial charge >= 0.3 is 5.97 Å². The molecule has 7 heteroatoms. The maximum absolute atomic E-state index is 13.9. The molecular weight excluding hydrogens is 351 g/mol. The number of benzene rings is 1. The molecule has 6 nitrogen and oxygen atoms in total. The number of halogens is 1. The van der Waals surface area contributed by atoms with Gasteiger partial charge in [0.05, 0.1) is 25.2 Å². The number of methoxy groups -OCH3 is 1. The lowest BCUT2D eigenvalue weighted by atomic mass is 9.77. The van der Waals surface area contributed by atoms with Crippen LogP contribution < -0.4 is 0 Å². The van der Waals surface area contributed by atoms with Crippen LogP contribution in [0.3, 0.4) is 0 Å². The van der Waals surface area contributed by atoms with Crippen molar-refractivity contribution in [2.75, 3.05) is 26.8 Å². The molecule has 1 unspecified atom stereocenters. The Balaban J connectivity index is 1.75. The second kappa shape index (κ2) is 8.35. The lowest BCUT2D eigenvalue weighted by Gasteiger charge is -2.45. The number of ether oxygens (including phenoxy) is 1. The van der Waals surface area contributed by atoms with Gasteiger partial charge in [-0.05, 0) is 25.3 Å². The third kappa shape index (κ3) is 3.84. The minimum Gasteiger partial charge on any atom is -0.469 e. The van der Waals surface area contributed by atoms with E-state index < -0.39 is 11.5 Å². The Labute approximate surface area is 159 Å². The van der Waals surface area contributed by atoms with Crippen LogP contribution in [0.25, 0.3) is 0 Å². The normalized spacial score (nSPS) is 22.4. The molecule has 0 bridgehead atoms. The zero-order chi connectivity index (χ0) is 19.4. The summed E-state index contributed by atoms with van der Waals surface area (Å²) in [5, 5.41) is 1.44. The summed E-state index contributed by atoms with van der Waals surface area (Å²) < 4.78 is 18.9. The molecule has 1 aromatic rings. The molecule has 2 fully saturated rings. The summed E-state index contributed by atoms with van der Waals surface area (Å²) in [6.07, 6.45) is 2.08. The van der Waals surface area contributed by atoms with Crippen LogP contribution in [0.4, 0.5) is 4.39 Å². The number of piperidine rings is 1. The molecule has 0 N–H and O–H groups in total. The number of hydrogen-bond acceptors (Lipinski definition) is 5. The number of nitrogens with zero attached hydrogens (tertiary/aromatic N) is 2. The molecule has 1 atom stereocenters. The van der Waals surface area contributed by atoms with Crippen molar-refractivity contribution < 1.29 is 23.6 Å². The first-order chi connectivity index (χ1) is 13.0. The maximum atomic E-state index is 13.9. The first-order valence-electron chi connectivity index (χ1n) is 9.51. The minimum atomic E-state index is -0.676. The van der Waals surface area contributed by atoms with Gasteiger partial charge in [-0.3, -0.25) is 19.3 Å². The zero-order valence-corrected chi connectivity index (χ0v) is 15.9. The predicted octanol–water partition coefficient (Wildman–Crippen LogP) is 2.52. The Morgan fingerprint density at radius 3 is 2.63 bits per heavy atom. The fourth-order valence-electron chi connectivity index (χ4n) is 4.18. The van der Waals surface area contributed by atoms with Gasteiger partial charge in [0, 0.05) is 31.6 Å². The Kier molecular flexibility index (Phi) is 6.11. The van der Waals surface area contributed by atoms with E-state index in [-0.39, 0.29) is 24.1 Å². The van der Waals surface area contributed by atoms with Crippen molar-refractivity contribution in [1.82, 2.24) is 9.96 Å². The van der Waals surface area contributed by atoms with Crippen LogP contribution in [0.1, 0.15) is 38.2 Å². The highest BCUT2D eigenvalue weighted by molar-refractivity contribution is 5.88. The van der Waals surface area contributed by atoms with Gasteiger partial charge in [-0.25, -0.2) is 9.45 Å². The van der Waals surface area contributed by atoms with E-state index in [1.807, 2.05) is 13.0 Å². The van der Waals surface area contributed by atoms with Crippen molar-refractivity contribution in [1.29, 1.82) is 0 Å². The van der Waals surface area contributed by atoms with E-state index in [9.17, 15) is 14.0 Å². The first-order valence-corrected chi connectivity index (χ1v) is 9.51. The van der Waals surface area contributed by atoms with Gasteiger partial charge in [0.25, 0.3) is 0 Å². The summed E-state index contributed by atoms with van der Waals surface area (Å²) in [5.74, 6) is -1.27. The molecule has 0 aliphatic carbocycles. The van der Waals surface area contributed by atoms with E-state index in [2.05, 4.69) is 4.90 Å². The molecule has 2 aliphatic rings. The van der Waals surface area contributed by atoms with E-state index in [0.29, 0.717) is 44.6 Å². The van der Waals surface area contributed by atoms with Crippen molar-refractivity contribution >= 4 is 11.9 Å². The lowest BCUT2D eigenvalue weighted by molar-refractivity contribution is -0.223. The smallest absolute Gasteiger partial charge is 0.311 e. The van der Waals surface area contributed by atoms with Gasteiger partial charge in [0.2, 0.25) is 5.91 Å². The van der Waals surface area contributed by atoms with Crippen molar-refractivity contribution in [3.8, 4) is 0 Å². The number of carbonyl (C=O) groups excluding carboxylic acids is 2. The Morgan fingerprint density at radius 2 is 2.00 bits per heavy atom. The molecule has 2 saturated heterocycles. The van der Waals surface area contributed by atoms with Gasteiger partial charge in [0.15, 0.2) is 0 Å². The van der Waals surface area contributed by atoms with E-state index in [4.69, 9.17) is 9.57 Å². The van der Waals surface area contributed by atoms with Crippen LogP contribution in [0, 0.1) is 11.7 Å². The molecule has 148 valence electrons. The molecule has 1 aromatic carbocycles. The van der Waals surface area contributed by atoms with Crippen LogP contribution in [0.5, 0.6) is 0 Å². The standard InChI is InChI=1S/C20H27FN2O4/c1-3-12-27-23-18(24)13-16(19(25)26-2)20(23)8-10-22(11-9-20)14-15-6-4-5-7-17(15)21/h4-7,16H,3,8-14H2,1-2H3. The van der Waals surface area contributed by atoms with E-state index in [0.717, 1.165) is 6.42 Å². The zero-order valence-electron chi connectivity index (χ0n) is 15.9. The van der Waals surface area contributed by atoms with Crippen molar-refractivity contribution in [2.24, 2.45) is 5.92 Å². The minimum absolute atomic E-state index is 0.115. The summed E-state index contributed by atoms with van der Waals surface area (Å²) in [4.78, 5) is 32.8.